The Morgan fingerprint density at radius 2 is 2.09 bits per heavy atom. The van der Waals surface area contributed by atoms with Gasteiger partial charge >= 0.3 is 0 Å². The van der Waals surface area contributed by atoms with Crippen molar-refractivity contribution >= 4 is 11.3 Å². The van der Waals surface area contributed by atoms with E-state index in [-0.39, 0.29) is 11.7 Å². The standard InChI is InChI=1S/C17H23N3O2S/c1-12-3-4-14(23-12)11-20-9-7-17(8-10-20)6-5-15(21-17)16-18-13(2)19-22-16/h3-4,15H,5-11H2,1-2H3. The molecule has 1 unspecified atom stereocenters. The fourth-order valence-corrected chi connectivity index (χ4v) is 4.64. The van der Waals surface area contributed by atoms with Crippen LogP contribution in [0, 0.1) is 13.8 Å². The first kappa shape index (κ1) is 15.3. The lowest BCUT2D eigenvalue weighted by molar-refractivity contribution is -0.0868. The number of aryl methyl sites for hydroxylation is 2. The molecule has 2 aliphatic rings. The van der Waals surface area contributed by atoms with Gasteiger partial charge in [-0.15, -0.1) is 11.3 Å². The highest BCUT2D eigenvalue weighted by Gasteiger charge is 2.44. The molecule has 2 aromatic heterocycles. The zero-order valence-corrected chi connectivity index (χ0v) is 14.6. The maximum Gasteiger partial charge on any atom is 0.255 e. The average Bonchev–Trinajstić information content (AvgIpc) is 3.24. The molecule has 0 aromatic carbocycles. The van der Waals surface area contributed by atoms with Gasteiger partial charge in [-0.25, -0.2) is 0 Å². The lowest BCUT2D eigenvalue weighted by atomic mass is 9.88. The number of likely N-dealkylation sites (tertiary alicyclic amines) is 1. The lowest BCUT2D eigenvalue weighted by Gasteiger charge is -2.38. The van der Waals surface area contributed by atoms with Gasteiger partial charge in [-0.1, -0.05) is 5.16 Å². The first-order chi connectivity index (χ1) is 11.1. The van der Waals surface area contributed by atoms with Gasteiger partial charge in [0.2, 0.25) is 0 Å². The smallest absolute Gasteiger partial charge is 0.255 e. The van der Waals surface area contributed by atoms with Gasteiger partial charge in [-0.2, -0.15) is 4.98 Å². The zero-order valence-electron chi connectivity index (χ0n) is 13.7. The first-order valence-electron chi connectivity index (χ1n) is 8.38. The Labute approximate surface area is 140 Å². The van der Waals surface area contributed by atoms with Crippen LogP contribution in [0.25, 0.3) is 0 Å². The summed E-state index contributed by atoms with van der Waals surface area (Å²) in [5.74, 6) is 1.33. The Morgan fingerprint density at radius 1 is 1.26 bits per heavy atom. The van der Waals surface area contributed by atoms with Gasteiger partial charge in [-0.3, -0.25) is 4.90 Å². The summed E-state index contributed by atoms with van der Waals surface area (Å²) < 4.78 is 11.7. The van der Waals surface area contributed by atoms with Crippen LogP contribution in [0.5, 0.6) is 0 Å². The van der Waals surface area contributed by atoms with Crippen molar-refractivity contribution in [1.82, 2.24) is 15.0 Å². The number of piperidine rings is 1. The van der Waals surface area contributed by atoms with E-state index in [1.807, 2.05) is 18.3 Å². The van der Waals surface area contributed by atoms with Crippen LogP contribution < -0.4 is 0 Å². The molecule has 4 rings (SSSR count). The molecule has 6 heteroatoms. The number of hydrogen-bond acceptors (Lipinski definition) is 6. The molecule has 0 aliphatic carbocycles. The summed E-state index contributed by atoms with van der Waals surface area (Å²) in [6.45, 7) is 7.30. The highest BCUT2D eigenvalue weighted by atomic mass is 32.1. The van der Waals surface area contributed by atoms with Gasteiger partial charge in [-0.05, 0) is 51.7 Å². The fourth-order valence-electron chi connectivity index (χ4n) is 3.71. The third kappa shape index (κ3) is 3.20. The number of ether oxygens (including phenoxy) is 1. The molecule has 2 saturated heterocycles. The van der Waals surface area contributed by atoms with Gasteiger partial charge in [0.05, 0.1) is 5.60 Å². The molecule has 0 saturated carbocycles. The quantitative estimate of drug-likeness (QED) is 0.858. The van der Waals surface area contributed by atoms with Crippen molar-refractivity contribution in [2.24, 2.45) is 0 Å². The van der Waals surface area contributed by atoms with E-state index in [1.54, 1.807) is 0 Å². The molecule has 124 valence electrons. The van der Waals surface area contributed by atoms with E-state index in [0.29, 0.717) is 11.7 Å². The maximum atomic E-state index is 6.37. The molecule has 2 aliphatic heterocycles. The fraction of sp³-hybridized carbons (Fsp3) is 0.647. The van der Waals surface area contributed by atoms with Crippen LogP contribution in [0.3, 0.4) is 0 Å². The van der Waals surface area contributed by atoms with Crippen molar-refractivity contribution < 1.29 is 9.26 Å². The van der Waals surface area contributed by atoms with Gasteiger partial charge in [0.25, 0.3) is 5.89 Å². The molecule has 0 amide bonds. The van der Waals surface area contributed by atoms with E-state index in [0.717, 1.165) is 45.3 Å². The Morgan fingerprint density at radius 3 is 2.74 bits per heavy atom. The van der Waals surface area contributed by atoms with Crippen molar-refractivity contribution in [3.05, 3.63) is 33.6 Å². The monoisotopic (exact) mass is 333 g/mol. The summed E-state index contributed by atoms with van der Waals surface area (Å²) in [4.78, 5) is 9.73. The number of nitrogens with zero attached hydrogens (tertiary/aromatic N) is 3. The summed E-state index contributed by atoms with van der Waals surface area (Å²) >= 11 is 1.90. The molecule has 0 radical (unpaired) electrons. The summed E-state index contributed by atoms with van der Waals surface area (Å²) in [7, 11) is 0. The van der Waals surface area contributed by atoms with Gasteiger partial charge in [0, 0.05) is 29.4 Å². The molecule has 2 aromatic rings. The van der Waals surface area contributed by atoms with Crippen LogP contribution in [-0.4, -0.2) is 33.7 Å². The number of thiophene rings is 1. The van der Waals surface area contributed by atoms with Crippen LogP contribution in [-0.2, 0) is 11.3 Å². The Bertz CT molecular complexity index is 673. The first-order valence-corrected chi connectivity index (χ1v) is 9.19. The van der Waals surface area contributed by atoms with Gasteiger partial charge in [0.1, 0.15) is 6.10 Å². The molecular formula is C17H23N3O2S. The van der Waals surface area contributed by atoms with Crippen molar-refractivity contribution in [3.63, 3.8) is 0 Å². The molecule has 23 heavy (non-hydrogen) atoms. The highest BCUT2D eigenvalue weighted by molar-refractivity contribution is 7.11. The average molecular weight is 333 g/mol. The number of aromatic nitrogens is 2. The van der Waals surface area contributed by atoms with Gasteiger partial charge < -0.3 is 9.26 Å². The van der Waals surface area contributed by atoms with Crippen molar-refractivity contribution in [1.29, 1.82) is 0 Å². The molecular weight excluding hydrogens is 310 g/mol. The van der Waals surface area contributed by atoms with Crippen LogP contribution in [0.2, 0.25) is 0 Å². The second kappa shape index (κ2) is 6.00. The molecule has 0 N–H and O–H groups in total. The third-order valence-electron chi connectivity index (χ3n) is 5.02. The van der Waals surface area contributed by atoms with Crippen molar-refractivity contribution in [2.75, 3.05) is 13.1 Å². The predicted molar refractivity (Wildman–Crippen MR) is 88.4 cm³/mol. The zero-order chi connectivity index (χ0) is 15.9. The largest absolute Gasteiger partial charge is 0.362 e. The second-order valence-corrected chi connectivity index (χ2v) is 8.17. The van der Waals surface area contributed by atoms with Crippen LogP contribution in [0.15, 0.2) is 16.7 Å². The van der Waals surface area contributed by atoms with Crippen LogP contribution in [0.1, 0.15) is 53.3 Å². The summed E-state index contributed by atoms with van der Waals surface area (Å²) in [6, 6.07) is 4.47. The normalized spacial score (nSPS) is 24.5. The minimum Gasteiger partial charge on any atom is -0.362 e. The van der Waals surface area contributed by atoms with E-state index in [1.165, 1.54) is 9.75 Å². The lowest BCUT2D eigenvalue weighted by Crippen LogP contribution is -2.43. The van der Waals surface area contributed by atoms with Crippen molar-refractivity contribution in [2.45, 2.75) is 57.8 Å². The Hall–Kier alpha value is -1.24. The van der Waals surface area contributed by atoms with E-state index in [2.05, 4.69) is 34.1 Å². The Kier molecular flexibility index (Phi) is 3.99. The molecule has 1 atom stereocenters. The topological polar surface area (TPSA) is 51.4 Å². The second-order valence-electron chi connectivity index (χ2n) is 6.80. The van der Waals surface area contributed by atoms with E-state index in [4.69, 9.17) is 9.26 Å². The van der Waals surface area contributed by atoms with Crippen molar-refractivity contribution in [3.8, 4) is 0 Å². The SMILES string of the molecule is Cc1noc(C2CCC3(CCN(Cc4ccc(C)s4)CC3)O2)n1. The minimum atomic E-state index is -0.0114. The van der Waals surface area contributed by atoms with Gasteiger partial charge in [0.15, 0.2) is 5.82 Å². The molecule has 0 bridgehead atoms. The van der Waals surface area contributed by atoms with Crippen LogP contribution in [0.4, 0.5) is 0 Å². The van der Waals surface area contributed by atoms with E-state index in [9.17, 15) is 0 Å². The summed E-state index contributed by atoms with van der Waals surface area (Å²) in [5.41, 5.74) is 0.0227. The maximum absolute atomic E-state index is 6.37. The summed E-state index contributed by atoms with van der Waals surface area (Å²) in [5, 5.41) is 3.88. The van der Waals surface area contributed by atoms with E-state index >= 15 is 0 Å². The molecule has 2 fully saturated rings. The van der Waals surface area contributed by atoms with E-state index < -0.39 is 0 Å². The molecule has 4 heterocycles. The van der Waals surface area contributed by atoms with Crippen LogP contribution >= 0.6 is 11.3 Å². The number of hydrogen-bond donors (Lipinski definition) is 0. The molecule has 1 spiro atoms. The minimum absolute atomic E-state index is 0.0114. The number of rotatable bonds is 3. The third-order valence-corrected chi connectivity index (χ3v) is 6.00. The molecule has 5 nitrogen and oxygen atoms in total. The summed E-state index contributed by atoms with van der Waals surface area (Å²) in [6.07, 6.45) is 4.28. The predicted octanol–water partition coefficient (Wildman–Crippen LogP) is 3.63. The Balaban J connectivity index is 1.34. The highest BCUT2D eigenvalue weighted by Crippen LogP contribution is 2.44.